The molecule has 0 radical (unpaired) electrons. The van der Waals surface area contributed by atoms with E-state index in [1.54, 1.807) is 17.7 Å². The number of nitrogens with one attached hydrogen (secondary N) is 2. The number of amides is 4. The molecule has 0 aromatic rings. The summed E-state index contributed by atoms with van der Waals surface area (Å²) >= 11 is 0. The molecule has 1 heterocycles. The third-order valence-corrected chi connectivity index (χ3v) is 7.78. The van der Waals surface area contributed by atoms with Gasteiger partial charge in [-0.1, -0.05) is 42.4 Å². The smallest absolute Gasteiger partial charge is 0.303 e. The molecule has 0 aromatic heterocycles. The Labute approximate surface area is 207 Å². The van der Waals surface area contributed by atoms with Crippen molar-refractivity contribution in [3.8, 4) is 0 Å². The molecule has 192 valence electrons. The summed E-state index contributed by atoms with van der Waals surface area (Å²) in [6, 6.07) is -2.17. The second kappa shape index (κ2) is 14.3. The highest BCUT2D eigenvalue weighted by Gasteiger charge is 2.36. The minimum absolute atomic E-state index is 0.00977. The van der Waals surface area contributed by atoms with Crippen LogP contribution in [0.3, 0.4) is 0 Å². The van der Waals surface area contributed by atoms with Gasteiger partial charge in [-0.3, -0.25) is 28.9 Å². The molecule has 1 aliphatic rings. The van der Waals surface area contributed by atoms with Crippen LogP contribution >= 0.6 is 21.6 Å². The predicted octanol–water partition coefficient (Wildman–Crippen LogP) is 0.290. The number of rotatable bonds is 15. The third-order valence-electron chi connectivity index (χ3n) is 4.43. The van der Waals surface area contributed by atoms with Crippen molar-refractivity contribution in [2.75, 3.05) is 25.4 Å². The number of imide groups is 1. The molecular weight excluding hydrogens is 484 g/mol. The molecule has 34 heavy (non-hydrogen) atoms. The van der Waals surface area contributed by atoms with Crippen LogP contribution in [0.5, 0.6) is 0 Å². The zero-order chi connectivity index (χ0) is 25.9. The van der Waals surface area contributed by atoms with Gasteiger partial charge in [-0.05, 0) is 13.3 Å². The van der Waals surface area contributed by atoms with Crippen molar-refractivity contribution in [1.29, 1.82) is 0 Å². The first-order valence-corrected chi connectivity index (χ1v) is 13.1. The maximum absolute atomic E-state index is 12.8. The average Bonchev–Trinajstić information content (AvgIpc) is 3.07. The van der Waals surface area contributed by atoms with Gasteiger partial charge in [0.05, 0.1) is 12.7 Å². The quantitative estimate of drug-likeness (QED) is 0.134. The van der Waals surface area contributed by atoms with Crippen LogP contribution < -0.4 is 16.4 Å². The number of carbonyl (C=O) groups excluding carboxylic acids is 4. The van der Waals surface area contributed by atoms with Crippen LogP contribution in [0.4, 0.5) is 0 Å². The van der Waals surface area contributed by atoms with E-state index in [-0.39, 0.29) is 42.7 Å². The second-order valence-electron chi connectivity index (χ2n) is 8.58. The van der Waals surface area contributed by atoms with Crippen molar-refractivity contribution < 1.29 is 33.8 Å². The molecule has 0 aromatic carbocycles. The molecule has 1 rings (SSSR count). The van der Waals surface area contributed by atoms with E-state index >= 15 is 0 Å². The summed E-state index contributed by atoms with van der Waals surface area (Å²) in [6.45, 7) is 7.84. The molecule has 11 nitrogen and oxygen atoms in total. The molecule has 4 amide bonds. The van der Waals surface area contributed by atoms with Crippen molar-refractivity contribution in [1.82, 2.24) is 15.5 Å². The summed E-state index contributed by atoms with van der Waals surface area (Å²) in [5.41, 5.74) is 5.66. The van der Waals surface area contributed by atoms with Crippen molar-refractivity contribution in [3.63, 3.8) is 0 Å². The number of aliphatic carboxylic acids is 1. The van der Waals surface area contributed by atoms with Crippen LogP contribution in [0.1, 0.15) is 40.5 Å². The van der Waals surface area contributed by atoms with Gasteiger partial charge >= 0.3 is 5.97 Å². The molecule has 1 aliphatic heterocycles. The fourth-order valence-electron chi connectivity index (χ4n) is 2.75. The molecule has 1 unspecified atom stereocenters. The van der Waals surface area contributed by atoms with Gasteiger partial charge in [-0.2, -0.15) is 0 Å². The van der Waals surface area contributed by atoms with Gasteiger partial charge < -0.3 is 26.2 Å². The van der Waals surface area contributed by atoms with E-state index in [9.17, 15) is 24.0 Å². The van der Waals surface area contributed by atoms with Crippen molar-refractivity contribution >= 4 is 51.2 Å². The summed E-state index contributed by atoms with van der Waals surface area (Å²) in [5.74, 6) is -3.09. The first-order valence-electron chi connectivity index (χ1n) is 10.8. The SMILES string of the molecule is CC(CCC(=O)O)OCCNC(=O)[C@H](CSSC(C)(C)C)NC(=O)[C@H](CN)N1C(=O)C=CC1=O. The number of carbonyl (C=O) groups is 5. The molecule has 0 saturated carbocycles. The molecule has 0 aliphatic carbocycles. The topological polar surface area (TPSA) is 168 Å². The van der Waals surface area contributed by atoms with Crippen LogP contribution in [0.2, 0.25) is 0 Å². The van der Waals surface area contributed by atoms with Crippen LogP contribution in [-0.2, 0) is 28.7 Å². The number of hydrogen-bond donors (Lipinski definition) is 4. The van der Waals surface area contributed by atoms with Crippen LogP contribution in [-0.4, -0.2) is 88.0 Å². The minimum atomic E-state index is -1.23. The highest BCUT2D eigenvalue weighted by Crippen LogP contribution is 2.35. The molecule has 0 spiro atoms. The van der Waals surface area contributed by atoms with Gasteiger partial charge in [0.2, 0.25) is 11.8 Å². The summed E-state index contributed by atoms with van der Waals surface area (Å²) in [7, 11) is 2.95. The lowest BCUT2D eigenvalue weighted by atomic mass is 10.2. The van der Waals surface area contributed by atoms with Crippen molar-refractivity contribution in [2.45, 2.75) is 63.5 Å². The Bertz CT molecular complexity index is 768. The van der Waals surface area contributed by atoms with E-state index in [4.69, 9.17) is 15.6 Å². The summed E-state index contributed by atoms with van der Waals surface area (Å²) < 4.78 is 5.42. The summed E-state index contributed by atoms with van der Waals surface area (Å²) in [6.07, 6.45) is 2.19. The molecule has 0 bridgehead atoms. The summed E-state index contributed by atoms with van der Waals surface area (Å²) in [5, 5.41) is 14.0. The highest BCUT2D eigenvalue weighted by atomic mass is 33.1. The van der Waals surface area contributed by atoms with E-state index in [2.05, 4.69) is 10.6 Å². The Balaban J connectivity index is 2.71. The average molecular weight is 519 g/mol. The molecular formula is C21H34N4O7S2. The lowest BCUT2D eigenvalue weighted by Gasteiger charge is -2.27. The Morgan fingerprint density at radius 3 is 2.32 bits per heavy atom. The molecule has 3 atom stereocenters. The first kappa shape index (κ1) is 29.9. The van der Waals surface area contributed by atoms with Crippen molar-refractivity contribution in [3.05, 3.63) is 12.2 Å². The highest BCUT2D eigenvalue weighted by molar-refractivity contribution is 8.77. The maximum Gasteiger partial charge on any atom is 0.303 e. The van der Waals surface area contributed by atoms with E-state index in [0.29, 0.717) is 6.42 Å². The number of ether oxygens (including phenoxy) is 1. The van der Waals surface area contributed by atoms with E-state index in [1.165, 1.54) is 10.8 Å². The molecule has 13 heteroatoms. The fraction of sp³-hybridized carbons (Fsp3) is 0.667. The zero-order valence-electron chi connectivity index (χ0n) is 19.9. The minimum Gasteiger partial charge on any atom is -0.481 e. The normalized spacial score (nSPS) is 16.3. The Morgan fingerprint density at radius 2 is 1.79 bits per heavy atom. The Hall–Kier alpha value is -2.09. The maximum atomic E-state index is 12.8. The van der Waals surface area contributed by atoms with E-state index in [1.807, 2.05) is 20.8 Å². The van der Waals surface area contributed by atoms with Gasteiger partial charge in [0.25, 0.3) is 11.8 Å². The van der Waals surface area contributed by atoms with Crippen molar-refractivity contribution in [2.24, 2.45) is 5.73 Å². The number of nitrogens with two attached hydrogens (primary N) is 1. The number of hydrogen-bond acceptors (Lipinski definition) is 9. The Morgan fingerprint density at radius 1 is 1.18 bits per heavy atom. The van der Waals surface area contributed by atoms with E-state index in [0.717, 1.165) is 17.1 Å². The zero-order valence-corrected chi connectivity index (χ0v) is 21.5. The molecule has 5 N–H and O–H groups in total. The van der Waals surface area contributed by atoms with Gasteiger partial charge in [0.15, 0.2) is 0 Å². The summed E-state index contributed by atoms with van der Waals surface area (Å²) in [4.78, 5) is 60.9. The monoisotopic (exact) mass is 518 g/mol. The van der Waals surface area contributed by atoms with Crippen LogP contribution in [0, 0.1) is 0 Å². The first-order chi connectivity index (χ1) is 15.9. The largest absolute Gasteiger partial charge is 0.481 e. The number of carboxylic acid groups (broad SMARTS) is 1. The standard InChI is InChI=1S/C21H34N4O7S2/c1-13(5-8-18(28)29)32-10-9-23-19(30)14(12-33-34-21(2,3)4)24-20(31)15(11-22)25-16(26)6-7-17(25)27/h6-7,13-15H,5,8-12,22H2,1-4H3,(H,23,30)(H,24,31)(H,28,29)/t13?,14-,15-/m0/s1. The number of nitrogens with zero attached hydrogens (tertiary/aromatic N) is 1. The van der Waals surface area contributed by atoms with Gasteiger partial charge in [0, 0.05) is 42.2 Å². The van der Waals surface area contributed by atoms with E-state index < -0.39 is 41.7 Å². The molecule has 0 saturated heterocycles. The lowest BCUT2D eigenvalue weighted by Crippen LogP contribution is -2.58. The Kier molecular flexibility index (Phi) is 12.6. The van der Waals surface area contributed by atoms with Gasteiger partial charge in [-0.15, -0.1) is 0 Å². The van der Waals surface area contributed by atoms with Gasteiger partial charge in [-0.25, -0.2) is 0 Å². The van der Waals surface area contributed by atoms with Gasteiger partial charge in [0.1, 0.15) is 12.1 Å². The lowest BCUT2D eigenvalue weighted by molar-refractivity contribution is -0.145. The van der Waals surface area contributed by atoms with Crippen LogP contribution in [0.15, 0.2) is 12.2 Å². The third kappa shape index (κ3) is 10.9. The van der Waals surface area contributed by atoms with Crippen LogP contribution in [0.25, 0.3) is 0 Å². The second-order valence-corrected chi connectivity index (χ2v) is 11.7. The molecule has 0 fully saturated rings. The number of carboxylic acids is 1. The predicted molar refractivity (Wildman–Crippen MR) is 131 cm³/mol. The fourth-order valence-corrected chi connectivity index (χ4v) is 5.21.